The van der Waals surface area contributed by atoms with Gasteiger partial charge in [0.05, 0.1) is 5.56 Å². The van der Waals surface area contributed by atoms with Crippen molar-refractivity contribution >= 4 is 21.9 Å². The van der Waals surface area contributed by atoms with Gasteiger partial charge in [0.25, 0.3) is 0 Å². The van der Waals surface area contributed by atoms with Crippen LogP contribution in [0.1, 0.15) is 15.9 Å². The third kappa shape index (κ3) is 2.70. The molecule has 1 aromatic rings. The highest BCUT2D eigenvalue weighted by Crippen LogP contribution is 2.15. The molecule has 2 nitrogen and oxygen atoms in total. The minimum absolute atomic E-state index is 0.336. The molecule has 0 aliphatic rings. The Labute approximate surface area is 85.0 Å². The Balaban J connectivity index is 3.04. The Morgan fingerprint density at radius 1 is 1.46 bits per heavy atom. The van der Waals surface area contributed by atoms with Crippen molar-refractivity contribution < 1.29 is 9.90 Å². The largest absolute Gasteiger partial charge is 0.478 e. The van der Waals surface area contributed by atoms with Crippen LogP contribution in [0.2, 0.25) is 0 Å². The van der Waals surface area contributed by atoms with Crippen LogP contribution in [-0.4, -0.2) is 11.1 Å². The number of carbonyl (C=O) groups is 1. The van der Waals surface area contributed by atoms with Gasteiger partial charge in [-0.05, 0) is 16.1 Å². The second-order valence-corrected chi connectivity index (χ2v) is 3.78. The predicted molar refractivity (Wildman–Crippen MR) is 55.2 cm³/mol. The fourth-order valence-electron chi connectivity index (χ4n) is 1.09. The lowest BCUT2D eigenvalue weighted by Crippen LogP contribution is -2.01. The second-order valence-electron chi connectivity index (χ2n) is 2.66. The SMILES string of the molecule is C=C(Br)Cc1ccccc1C(=O)O. The maximum Gasteiger partial charge on any atom is 0.335 e. The van der Waals surface area contributed by atoms with Gasteiger partial charge in [0.2, 0.25) is 0 Å². The van der Waals surface area contributed by atoms with Crippen LogP contribution in [0, 0.1) is 0 Å². The van der Waals surface area contributed by atoms with Gasteiger partial charge in [-0.25, -0.2) is 4.79 Å². The number of benzene rings is 1. The molecule has 1 rings (SSSR count). The van der Waals surface area contributed by atoms with Crippen molar-refractivity contribution in [3.05, 3.63) is 46.5 Å². The van der Waals surface area contributed by atoms with Crippen molar-refractivity contribution in [2.75, 3.05) is 0 Å². The Bertz CT molecular complexity index is 345. The number of halogens is 1. The predicted octanol–water partition coefficient (Wildman–Crippen LogP) is 2.84. The van der Waals surface area contributed by atoms with Gasteiger partial charge in [-0.1, -0.05) is 40.7 Å². The normalized spacial score (nSPS) is 9.62. The van der Waals surface area contributed by atoms with E-state index in [1.807, 2.05) is 6.07 Å². The number of carboxylic acids is 1. The standard InChI is InChI=1S/C10H9BrO2/c1-7(11)6-8-4-2-3-5-9(8)10(12)13/h2-5H,1,6H2,(H,12,13). The molecule has 0 spiro atoms. The summed E-state index contributed by atoms with van der Waals surface area (Å²) in [6.07, 6.45) is 0.544. The molecule has 0 radical (unpaired) electrons. The summed E-state index contributed by atoms with van der Waals surface area (Å²) in [5.41, 5.74) is 1.11. The molecular formula is C10H9BrO2. The summed E-state index contributed by atoms with van der Waals surface area (Å²) in [5, 5.41) is 8.83. The summed E-state index contributed by atoms with van der Waals surface area (Å²) >= 11 is 3.21. The zero-order valence-corrected chi connectivity index (χ0v) is 8.54. The van der Waals surface area contributed by atoms with E-state index in [-0.39, 0.29) is 0 Å². The minimum Gasteiger partial charge on any atom is -0.478 e. The van der Waals surface area contributed by atoms with Crippen LogP contribution in [0.4, 0.5) is 0 Å². The molecule has 0 aliphatic heterocycles. The third-order valence-electron chi connectivity index (χ3n) is 1.63. The molecule has 0 aliphatic carbocycles. The first-order chi connectivity index (χ1) is 6.11. The van der Waals surface area contributed by atoms with E-state index in [0.29, 0.717) is 12.0 Å². The Hall–Kier alpha value is -1.09. The molecule has 0 heterocycles. The van der Waals surface area contributed by atoms with Crippen LogP contribution in [0.3, 0.4) is 0 Å². The molecule has 0 saturated carbocycles. The Morgan fingerprint density at radius 3 is 2.62 bits per heavy atom. The maximum atomic E-state index is 10.8. The summed E-state index contributed by atoms with van der Waals surface area (Å²) < 4.78 is 0.779. The van der Waals surface area contributed by atoms with E-state index in [1.54, 1.807) is 18.2 Å². The molecule has 13 heavy (non-hydrogen) atoms. The first kappa shape index (κ1) is 9.99. The van der Waals surface area contributed by atoms with E-state index in [9.17, 15) is 4.79 Å². The molecule has 1 aromatic carbocycles. The number of aromatic carboxylic acids is 1. The molecule has 0 amide bonds. The lowest BCUT2D eigenvalue weighted by molar-refractivity contribution is 0.0696. The van der Waals surface area contributed by atoms with Crippen molar-refractivity contribution in [1.29, 1.82) is 0 Å². The number of allylic oxidation sites excluding steroid dienone is 1. The van der Waals surface area contributed by atoms with Gasteiger partial charge in [-0.15, -0.1) is 0 Å². The number of hydrogen-bond donors (Lipinski definition) is 1. The molecule has 0 bridgehead atoms. The Morgan fingerprint density at radius 2 is 2.08 bits per heavy atom. The number of carboxylic acid groups (broad SMARTS) is 1. The summed E-state index contributed by atoms with van der Waals surface area (Å²) in [6.45, 7) is 3.67. The number of hydrogen-bond acceptors (Lipinski definition) is 1. The van der Waals surface area contributed by atoms with Crippen molar-refractivity contribution in [2.24, 2.45) is 0 Å². The molecule has 0 unspecified atom stereocenters. The lowest BCUT2D eigenvalue weighted by Gasteiger charge is -2.03. The first-order valence-electron chi connectivity index (χ1n) is 3.75. The van der Waals surface area contributed by atoms with Gasteiger partial charge >= 0.3 is 5.97 Å². The minimum atomic E-state index is -0.899. The van der Waals surface area contributed by atoms with E-state index < -0.39 is 5.97 Å². The molecule has 1 N–H and O–H groups in total. The van der Waals surface area contributed by atoms with Crippen LogP contribution in [0.15, 0.2) is 35.3 Å². The van der Waals surface area contributed by atoms with Crippen molar-refractivity contribution in [3.63, 3.8) is 0 Å². The highest BCUT2D eigenvalue weighted by Gasteiger charge is 2.08. The van der Waals surface area contributed by atoms with E-state index in [2.05, 4.69) is 22.5 Å². The average Bonchev–Trinajstić information content (AvgIpc) is 2.03. The van der Waals surface area contributed by atoms with E-state index in [0.717, 1.165) is 10.0 Å². The molecule has 68 valence electrons. The number of rotatable bonds is 3. The van der Waals surface area contributed by atoms with Crippen LogP contribution >= 0.6 is 15.9 Å². The zero-order valence-electron chi connectivity index (χ0n) is 6.96. The smallest absolute Gasteiger partial charge is 0.335 e. The quantitative estimate of drug-likeness (QED) is 0.883. The van der Waals surface area contributed by atoms with E-state index in [4.69, 9.17) is 5.11 Å². The Kier molecular flexibility index (Phi) is 3.25. The van der Waals surface area contributed by atoms with Gasteiger partial charge in [0.15, 0.2) is 0 Å². The summed E-state index contributed by atoms with van der Waals surface area (Å²) in [7, 11) is 0. The van der Waals surface area contributed by atoms with Gasteiger partial charge in [-0.2, -0.15) is 0 Å². The van der Waals surface area contributed by atoms with Crippen molar-refractivity contribution in [3.8, 4) is 0 Å². The maximum absolute atomic E-state index is 10.8. The van der Waals surface area contributed by atoms with E-state index >= 15 is 0 Å². The summed E-state index contributed by atoms with van der Waals surface area (Å²) in [5.74, 6) is -0.899. The molecule has 0 saturated heterocycles. The zero-order chi connectivity index (χ0) is 9.84. The fraction of sp³-hybridized carbons (Fsp3) is 0.100. The van der Waals surface area contributed by atoms with Crippen LogP contribution < -0.4 is 0 Å². The molecule has 3 heteroatoms. The first-order valence-corrected chi connectivity index (χ1v) is 4.55. The van der Waals surface area contributed by atoms with Gasteiger partial charge in [0, 0.05) is 6.42 Å². The molecule has 0 aromatic heterocycles. The molecule has 0 atom stereocenters. The molecular weight excluding hydrogens is 232 g/mol. The lowest BCUT2D eigenvalue weighted by atomic mass is 10.1. The topological polar surface area (TPSA) is 37.3 Å². The van der Waals surface area contributed by atoms with Crippen LogP contribution in [0.5, 0.6) is 0 Å². The average molecular weight is 241 g/mol. The monoisotopic (exact) mass is 240 g/mol. The van der Waals surface area contributed by atoms with Crippen molar-refractivity contribution in [2.45, 2.75) is 6.42 Å². The molecule has 0 fully saturated rings. The van der Waals surface area contributed by atoms with Gasteiger partial charge in [0.1, 0.15) is 0 Å². The highest BCUT2D eigenvalue weighted by atomic mass is 79.9. The van der Waals surface area contributed by atoms with Gasteiger partial charge < -0.3 is 5.11 Å². The van der Waals surface area contributed by atoms with E-state index in [1.165, 1.54) is 0 Å². The van der Waals surface area contributed by atoms with Crippen molar-refractivity contribution in [1.82, 2.24) is 0 Å². The summed E-state index contributed by atoms with van der Waals surface area (Å²) in [4.78, 5) is 10.8. The highest BCUT2D eigenvalue weighted by molar-refractivity contribution is 9.11. The van der Waals surface area contributed by atoms with Gasteiger partial charge in [-0.3, -0.25) is 0 Å². The third-order valence-corrected chi connectivity index (χ3v) is 1.91. The fourth-order valence-corrected chi connectivity index (χ4v) is 1.39. The summed E-state index contributed by atoms with van der Waals surface area (Å²) in [6, 6.07) is 6.91. The second kappa shape index (κ2) is 4.23. The van der Waals surface area contributed by atoms with Crippen LogP contribution in [0.25, 0.3) is 0 Å². The van der Waals surface area contributed by atoms with Crippen LogP contribution in [-0.2, 0) is 6.42 Å².